The van der Waals surface area contributed by atoms with E-state index in [0.717, 1.165) is 21.8 Å². The van der Waals surface area contributed by atoms with Crippen molar-refractivity contribution >= 4 is 27.8 Å². The molecule has 1 amide bonds. The molecule has 0 aliphatic heterocycles. The fraction of sp³-hybridized carbons (Fsp3) is 0.375. The molecule has 134 valence electrons. The topological polar surface area (TPSA) is 105 Å². The first-order valence-corrected chi connectivity index (χ1v) is 9.28. The Balaban J connectivity index is 1.74. The molecule has 0 atom stereocenters. The minimum absolute atomic E-state index is 0.121. The number of rotatable bonds is 6. The van der Waals surface area contributed by atoms with Gasteiger partial charge in [0.05, 0.1) is 0 Å². The third-order valence-corrected chi connectivity index (χ3v) is 5.40. The number of aryl methyl sites for hydroxylation is 1. The van der Waals surface area contributed by atoms with Crippen LogP contribution in [0.1, 0.15) is 40.4 Å². The lowest BCUT2D eigenvalue weighted by atomic mass is 10.1. The number of oxazole rings is 1. The van der Waals surface area contributed by atoms with Crippen molar-refractivity contribution in [3.8, 4) is 0 Å². The summed E-state index contributed by atoms with van der Waals surface area (Å²) < 4.78 is 31.4. The molecule has 0 bridgehead atoms. The number of nitrogens with one attached hydrogen (secondary N) is 2. The molecule has 1 aliphatic carbocycles. The zero-order valence-electron chi connectivity index (χ0n) is 14.2. The largest absolute Gasteiger partial charge is 0.431 e. The van der Waals surface area contributed by atoms with Gasteiger partial charge in [-0.15, -0.1) is 0 Å². The van der Waals surface area contributed by atoms with Gasteiger partial charge in [0, 0.05) is 19.8 Å². The number of amides is 1. The van der Waals surface area contributed by atoms with Gasteiger partial charge >= 0.3 is 10.2 Å². The Morgan fingerprint density at radius 3 is 2.68 bits per heavy atom. The number of hydrogen-bond donors (Lipinski definition) is 2. The van der Waals surface area contributed by atoms with Crippen molar-refractivity contribution in [2.24, 2.45) is 0 Å². The molecule has 2 N–H and O–H groups in total. The highest BCUT2D eigenvalue weighted by Gasteiger charge is 2.24. The van der Waals surface area contributed by atoms with E-state index in [4.69, 9.17) is 4.42 Å². The van der Waals surface area contributed by atoms with Gasteiger partial charge in [-0.2, -0.15) is 17.7 Å². The Morgan fingerprint density at radius 1 is 1.32 bits per heavy atom. The molecule has 8 nitrogen and oxygen atoms in total. The molecule has 0 saturated heterocycles. The van der Waals surface area contributed by atoms with Gasteiger partial charge < -0.3 is 9.73 Å². The Kier molecular flexibility index (Phi) is 4.53. The highest BCUT2D eigenvalue weighted by Crippen LogP contribution is 2.41. The molecule has 1 fully saturated rings. The van der Waals surface area contributed by atoms with Crippen LogP contribution in [0.3, 0.4) is 0 Å². The van der Waals surface area contributed by atoms with E-state index in [0.29, 0.717) is 5.92 Å². The van der Waals surface area contributed by atoms with E-state index in [2.05, 4.69) is 16.4 Å². The van der Waals surface area contributed by atoms with Crippen LogP contribution >= 0.6 is 0 Å². The van der Waals surface area contributed by atoms with E-state index in [1.807, 2.05) is 23.8 Å². The Labute approximate surface area is 146 Å². The van der Waals surface area contributed by atoms with Crippen molar-refractivity contribution < 1.29 is 17.6 Å². The second kappa shape index (κ2) is 6.49. The molecular formula is C16H20N4O4S. The van der Waals surface area contributed by atoms with Crippen LogP contribution in [-0.2, 0) is 10.2 Å². The quantitative estimate of drug-likeness (QED) is 0.814. The van der Waals surface area contributed by atoms with E-state index in [9.17, 15) is 13.2 Å². The van der Waals surface area contributed by atoms with Gasteiger partial charge in [-0.25, -0.2) is 4.72 Å². The van der Waals surface area contributed by atoms with Gasteiger partial charge in [-0.1, -0.05) is 12.1 Å². The number of aromatic nitrogens is 1. The number of hydrogen-bond acceptors (Lipinski definition) is 6. The molecule has 3 rings (SSSR count). The molecule has 1 aromatic carbocycles. The Hall–Kier alpha value is -2.39. The number of carbonyl (C=O) groups excluding carboxylic acids is 1. The van der Waals surface area contributed by atoms with Gasteiger partial charge in [0.1, 0.15) is 6.26 Å². The van der Waals surface area contributed by atoms with Gasteiger partial charge in [0.25, 0.3) is 11.9 Å². The third kappa shape index (κ3) is 3.99. The van der Waals surface area contributed by atoms with E-state index in [1.54, 1.807) is 0 Å². The maximum Gasteiger partial charge on any atom is 0.303 e. The van der Waals surface area contributed by atoms with Crippen molar-refractivity contribution in [2.75, 3.05) is 19.4 Å². The van der Waals surface area contributed by atoms with Crippen molar-refractivity contribution in [3.63, 3.8) is 0 Å². The van der Waals surface area contributed by atoms with Crippen LogP contribution in [0.15, 0.2) is 28.9 Å². The Bertz CT molecular complexity index is 901. The molecule has 0 spiro atoms. The highest BCUT2D eigenvalue weighted by atomic mass is 32.2. The molecule has 25 heavy (non-hydrogen) atoms. The molecule has 1 aliphatic rings. The van der Waals surface area contributed by atoms with Gasteiger partial charge in [0.15, 0.2) is 5.69 Å². The second-order valence-corrected chi connectivity index (χ2v) is 8.11. The molecule has 1 heterocycles. The van der Waals surface area contributed by atoms with Crippen LogP contribution < -0.4 is 10.0 Å². The fourth-order valence-electron chi connectivity index (χ4n) is 2.26. The first-order chi connectivity index (χ1) is 11.8. The average molecular weight is 364 g/mol. The lowest BCUT2D eigenvalue weighted by Gasteiger charge is -2.10. The average Bonchev–Trinajstić information content (AvgIpc) is 3.28. The molecule has 0 unspecified atom stereocenters. The van der Waals surface area contributed by atoms with Crippen LogP contribution in [0.4, 0.5) is 11.7 Å². The summed E-state index contributed by atoms with van der Waals surface area (Å²) >= 11 is 0. The standard InChI is InChI=1S/C16H20N4O4S/c1-10-4-5-12(11-6-7-11)8-13(10)17-16-18-14(9-24-16)15(21)19-25(22,23)20(2)3/h4-5,8-9,11H,6-7H2,1-3H3,(H,17,18)(H,19,21). The smallest absolute Gasteiger partial charge is 0.303 e. The van der Waals surface area contributed by atoms with Crippen LogP contribution in [0.2, 0.25) is 0 Å². The van der Waals surface area contributed by atoms with Crippen LogP contribution in [0.25, 0.3) is 0 Å². The summed E-state index contributed by atoms with van der Waals surface area (Å²) in [6.07, 6.45) is 3.52. The normalized spacial score (nSPS) is 14.6. The van der Waals surface area contributed by atoms with Crippen molar-refractivity contribution in [1.29, 1.82) is 0 Å². The molecule has 1 saturated carbocycles. The van der Waals surface area contributed by atoms with E-state index >= 15 is 0 Å². The van der Waals surface area contributed by atoms with Crippen LogP contribution in [-0.4, -0.2) is 37.7 Å². The van der Waals surface area contributed by atoms with Gasteiger partial charge in [-0.05, 0) is 42.9 Å². The fourth-order valence-corrected chi connectivity index (χ4v) is 2.78. The maximum absolute atomic E-state index is 12.0. The van der Waals surface area contributed by atoms with Crippen LogP contribution in [0, 0.1) is 6.92 Å². The zero-order valence-corrected chi connectivity index (χ0v) is 15.1. The van der Waals surface area contributed by atoms with E-state index in [1.165, 1.54) is 32.5 Å². The predicted octanol–water partition coefficient (Wildman–Crippen LogP) is 2.14. The summed E-state index contributed by atoms with van der Waals surface area (Å²) in [4.78, 5) is 16.0. The molecule has 9 heteroatoms. The minimum Gasteiger partial charge on any atom is -0.431 e. The summed E-state index contributed by atoms with van der Waals surface area (Å²) in [5.41, 5.74) is 3.00. The monoisotopic (exact) mass is 364 g/mol. The first kappa shape index (κ1) is 17.4. The zero-order chi connectivity index (χ0) is 18.2. The number of benzene rings is 1. The second-order valence-electron chi connectivity index (χ2n) is 6.23. The lowest BCUT2D eigenvalue weighted by molar-refractivity contribution is 0.0975. The predicted molar refractivity (Wildman–Crippen MR) is 93.0 cm³/mol. The minimum atomic E-state index is -3.88. The Morgan fingerprint density at radius 2 is 2.04 bits per heavy atom. The maximum atomic E-state index is 12.0. The van der Waals surface area contributed by atoms with E-state index in [-0.39, 0.29) is 11.7 Å². The lowest BCUT2D eigenvalue weighted by Crippen LogP contribution is -2.39. The SMILES string of the molecule is Cc1ccc(C2CC2)cc1Nc1nc(C(=O)NS(=O)(=O)N(C)C)co1. The van der Waals surface area contributed by atoms with Crippen LogP contribution in [0.5, 0.6) is 0 Å². The molecular weight excluding hydrogens is 344 g/mol. The van der Waals surface area contributed by atoms with Crippen molar-refractivity contribution in [2.45, 2.75) is 25.7 Å². The highest BCUT2D eigenvalue weighted by molar-refractivity contribution is 7.87. The molecule has 2 aromatic rings. The first-order valence-electron chi connectivity index (χ1n) is 7.84. The molecule has 0 radical (unpaired) electrons. The van der Waals surface area contributed by atoms with Crippen molar-refractivity contribution in [1.82, 2.24) is 14.0 Å². The number of carbonyl (C=O) groups is 1. The third-order valence-electron chi connectivity index (χ3n) is 3.99. The number of nitrogens with zero attached hydrogens (tertiary/aromatic N) is 2. The summed E-state index contributed by atoms with van der Waals surface area (Å²) in [6, 6.07) is 6.31. The summed E-state index contributed by atoms with van der Waals surface area (Å²) in [7, 11) is -1.24. The van der Waals surface area contributed by atoms with Gasteiger partial charge in [-0.3, -0.25) is 4.79 Å². The van der Waals surface area contributed by atoms with E-state index < -0.39 is 16.1 Å². The summed E-state index contributed by atoms with van der Waals surface area (Å²) in [5.74, 6) is -0.239. The summed E-state index contributed by atoms with van der Waals surface area (Å²) in [5, 5.41) is 3.04. The van der Waals surface area contributed by atoms with Crippen molar-refractivity contribution in [3.05, 3.63) is 41.3 Å². The number of anilines is 2. The van der Waals surface area contributed by atoms with Gasteiger partial charge in [0.2, 0.25) is 0 Å². The molecule has 1 aromatic heterocycles. The summed E-state index contributed by atoms with van der Waals surface area (Å²) in [6.45, 7) is 1.96.